The summed E-state index contributed by atoms with van der Waals surface area (Å²) in [7, 11) is -4.07. The Bertz CT molecular complexity index is 1330. The van der Waals surface area contributed by atoms with E-state index >= 15 is 0 Å². The number of nitrogens with one attached hydrogen (secondary N) is 1. The molecule has 34 heavy (non-hydrogen) atoms. The summed E-state index contributed by atoms with van der Waals surface area (Å²) in [5.41, 5.74) is 0.615. The Hall–Kier alpha value is -3.37. The van der Waals surface area contributed by atoms with Crippen LogP contribution >= 0.6 is 0 Å². The van der Waals surface area contributed by atoms with E-state index in [2.05, 4.69) is 4.72 Å². The average Bonchev–Trinajstić information content (AvgIpc) is 2.84. The van der Waals surface area contributed by atoms with Gasteiger partial charge < -0.3 is 9.80 Å². The van der Waals surface area contributed by atoms with Gasteiger partial charge in [0.05, 0.1) is 4.90 Å². The second-order valence-corrected chi connectivity index (χ2v) is 9.69. The normalized spacial score (nSPS) is 14.4. The lowest BCUT2D eigenvalue weighted by Crippen LogP contribution is -2.51. The van der Waals surface area contributed by atoms with Gasteiger partial charge in [-0.3, -0.25) is 9.59 Å². The van der Waals surface area contributed by atoms with Crippen molar-refractivity contribution in [1.29, 1.82) is 0 Å². The molecule has 7 nitrogen and oxygen atoms in total. The number of fused-ring (bicyclic) bond motifs is 1. The molecular formula is C24H23F2N3O4S. The summed E-state index contributed by atoms with van der Waals surface area (Å²) in [4.78, 5) is 28.4. The van der Waals surface area contributed by atoms with Gasteiger partial charge in [0.1, 0.15) is 0 Å². The average molecular weight is 488 g/mol. The van der Waals surface area contributed by atoms with Crippen LogP contribution in [0.15, 0.2) is 65.6 Å². The van der Waals surface area contributed by atoms with Crippen LogP contribution in [0, 0.1) is 11.6 Å². The number of hydrogen-bond acceptors (Lipinski definition) is 4. The zero-order chi connectivity index (χ0) is 24.3. The molecule has 1 N–H and O–H groups in total. The molecule has 0 radical (unpaired) electrons. The number of rotatable bonds is 6. The van der Waals surface area contributed by atoms with Crippen LogP contribution in [-0.2, 0) is 14.8 Å². The van der Waals surface area contributed by atoms with Crippen LogP contribution in [0.4, 0.5) is 8.78 Å². The first-order chi connectivity index (χ1) is 16.3. The van der Waals surface area contributed by atoms with Gasteiger partial charge in [-0.15, -0.1) is 0 Å². The first-order valence-corrected chi connectivity index (χ1v) is 12.2. The Kier molecular flexibility index (Phi) is 6.90. The van der Waals surface area contributed by atoms with Gasteiger partial charge in [-0.25, -0.2) is 21.9 Å². The molecule has 2 amide bonds. The number of carbonyl (C=O) groups is 2. The maximum Gasteiger partial charge on any atom is 0.254 e. The van der Waals surface area contributed by atoms with Gasteiger partial charge in [0, 0.05) is 44.7 Å². The summed E-state index contributed by atoms with van der Waals surface area (Å²) >= 11 is 0. The van der Waals surface area contributed by atoms with Crippen molar-refractivity contribution in [2.75, 3.05) is 32.7 Å². The molecule has 0 spiro atoms. The number of piperazine rings is 1. The van der Waals surface area contributed by atoms with Gasteiger partial charge in [0.25, 0.3) is 5.91 Å². The first kappa shape index (κ1) is 23.8. The van der Waals surface area contributed by atoms with Crippen molar-refractivity contribution in [3.63, 3.8) is 0 Å². The zero-order valence-corrected chi connectivity index (χ0v) is 19.0. The Morgan fingerprint density at radius 1 is 0.853 bits per heavy atom. The molecule has 0 bridgehead atoms. The zero-order valence-electron chi connectivity index (χ0n) is 18.2. The van der Waals surface area contributed by atoms with Gasteiger partial charge in [0.2, 0.25) is 15.9 Å². The minimum atomic E-state index is -4.07. The van der Waals surface area contributed by atoms with E-state index in [4.69, 9.17) is 0 Å². The number of sulfonamides is 1. The highest BCUT2D eigenvalue weighted by Gasteiger charge is 2.26. The fraction of sp³-hybridized carbons (Fsp3) is 0.250. The van der Waals surface area contributed by atoms with Crippen molar-refractivity contribution >= 4 is 32.6 Å². The third-order valence-corrected chi connectivity index (χ3v) is 7.23. The van der Waals surface area contributed by atoms with Gasteiger partial charge in [-0.05, 0) is 35.0 Å². The standard InChI is InChI=1S/C24H23F2N3O4S/c25-21-9-8-18(16-22(21)26)34(32,33)27-11-10-23(30)28-12-14-29(15-13-28)24(31)20-7-3-5-17-4-1-2-6-19(17)20/h1-9,16,27H,10-15H2. The highest BCUT2D eigenvalue weighted by Crippen LogP contribution is 2.21. The van der Waals surface area contributed by atoms with Crippen LogP contribution in [0.1, 0.15) is 16.8 Å². The predicted molar refractivity (Wildman–Crippen MR) is 123 cm³/mol. The topological polar surface area (TPSA) is 86.8 Å². The van der Waals surface area contributed by atoms with Gasteiger partial charge in [0.15, 0.2) is 11.6 Å². The quantitative estimate of drug-likeness (QED) is 0.579. The molecule has 1 fully saturated rings. The number of carbonyl (C=O) groups excluding carboxylic acids is 2. The summed E-state index contributed by atoms with van der Waals surface area (Å²) in [6, 6.07) is 15.5. The first-order valence-electron chi connectivity index (χ1n) is 10.8. The molecule has 0 aromatic heterocycles. The minimum Gasteiger partial charge on any atom is -0.339 e. The van der Waals surface area contributed by atoms with Crippen LogP contribution in [0.25, 0.3) is 10.8 Å². The molecule has 1 aliphatic rings. The Morgan fingerprint density at radius 3 is 2.26 bits per heavy atom. The fourth-order valence-corrected chi connectivity index (χ4v) is 4.96. The van der Waals surface area contributed by atoms with Crippen LogP contribution in [0.2, 0.25) is 0 Å². The van der Waals surface area contributed by atoms with Crippen molar-refractivity contribution in [3.8, 4) is 0 Å². The van der Waals surface area contributed by atoms with Gasteiger partial charge in [-0.1, -0.05) is 36.4 Å². The summed E-state index contributed by atoms with van der Waals surface area (Å²) in [6.07, 6.45) is -0.0970. The molecule has 3 aromatic carbocycles. The second-order valence-electron chi connectivity index (χ2n) is 7.92. The molecule has 1 aliphatic heterocycles. The third kappa shape index (κ3) is 5.07. The highest BCUT2D eigenvalue weighted by atomic mass is 32.2. The molecule has 3 aromatic rings. The van der Waals surface area contributed by atoms with Crippen LogP contribution < -0.4 is 4.72 Å². The molecule has 178 valence electrons. The predicted octanol–water partition coefficient (Wildman–Crippen LogP) is 2.77. The van der Waals surface area contributed by atoms with E-state index < -0.39 is 26.6 Å². The Balaban J connectivity index is 1.29. The van der Waals surface area contributed by atoms with E-state index in [1.807, 2.05) is 36.4 Å². The molecule has 10 heteroatoms. The second kappa shape index (κ2) is 9.86. The van der Waals surface area contributed by atoms with E-state index in [0.29, 0.717) is 37.8 Å². The van der Waals surface area contributed by atoms with Crippen LogP contribution in [-0.4, -0.2) is 62.8 Å². The van der Waals surface area contributed by atoms with Crippen molar-refractivity contribution in [2.45, 2.75) is 11.3 Å². The summed E-state index contributed by atoms with van der Waals surface area (Å²) < 4.78 is 53.0. The lowest BCUT2D eigenvalue weighted by Gasteiger charge is -2.35. The smallest absolute Gasteiger partial charge is 0.254 e. The van der Waals surface area contributed by atoms with Crippen LogP contribution in [0.3, 0.4) is 0 Å². The minimum absolute atomic E-state index is 0.0943. The van der Waals surface area contributed by atoms with Crippen molar-refractivity contribution in [3.05, 3.63) is 77.9 Å². The molecule has 1 saturated heterocycles. The summed E-state index contributed by atoms with van der Waals surface area (Å²) in [6.45, 7) is 1.23. The Morgan fingerprint density at radius 2 is 1.53 bits per heavy atom. The molecule has 4 rings (SSSR count). The van der Waals surface area contributed by atoms with E-state index in [-0.39, 0.29) is 24.8 Å². The summed E-state index contributed by atoms with van der Waals surface area (Å²) in [5, 5.41) is 1.86. The third-order valence-electron chi connectivity index (χ3n) is 5.77. The Labute approximate surface area is 196 Å². The van der Waals surface area contributed by atoms with Crippen molar-refractivity contribution < 1.29 is 26.8 Å². The SMILES string of the molecule is O=C(CCNS(=O)(=O)c1ccc(F)c(F)c1)N1CCN(C(=O)c2cccc3ccccc23)CC1. The largest absolute Gasteiger partial charge is 0.339 e. The molecule has 0 saturated carbocycles. The number of benzene rings is 3. The van der Waals surface area contributed by atoms with E-state index in [1.165, 1.54) is 0 Å². The number of nitrogens with zero attached hydrogens (tertiary/aromatic N) is 2. The molecule has 1 heterocycles. The molecule has 0 aliphatic carbocycles. The number of halogens is 2. The highest BCUT2D eigenvalue weighted by molar-refractivity contribution is 7.89. The van der Waals surface area contributed by atoms with Crippen molar-refractivity contribution in [2.24, 2.45) is 0 Å². The van der Waals surface area contributed by atoms with E-state index in [1.54, 1.807) is 15.9 Å². The maximum absolute atomic E-state index is 13.3. The van der Waals surface area contributed by atoms with E-state index in [0.717, 1.165) is 22.9 Å². The molecule has 0 unspecified atom stereocenters. The van der Waals surface area contributed by atoms with Gasteiger partial charge >= 0.3 is 0 Å². The fourth-order valence-electron chi connectivity index (χ4n) is 3.92. The van der Waals surface area contributed by atoms with Crippen LogP contribution in [0.5, 0.6) is 0 Å². The maximum atomic E-state index is 13.3. The molecular weight excluding hydrogens is 464 g/mol. The lowest BCUT2D eigenvalue weighted by molar-refractivity contribution is -0.132. The van der Waals surface area contributed by atoms with Crippen molar-refractivity contribution in [1.82, 2.24) is 14.5 Å². The van der Waals surface area contributed by atoms with E-state index in [9.17, 15) is 26.8 Å². The number of amides is 2. The van der Waals surface area contributed by atoms with Gasteiger partial charge in [-0.2, -0.15) is 0 Å². The molecule has 0 atom stereocenters. The monoisotopic (exact) mass is 487 g/mol. The number of hydrogen-bond donors (Lipinski definition) is 1. The summed E-state index contributed by atoms with van der Waals surface area (Å²) in [5.74, 6) is -2.77. The lowest BCUT2D eigenvalue weighted by atomic mass is 10.0.